The van der Waals surface area contributed by atoms with Gasteiger partial charge in [0.2, 0.25) is 5.91 Å². The number of amides is 1. The van der Waals surface area contributed by atoms with Crippen molar-refractivity contribution >= 4 is 45.5 Å². The van der Waals surface area contributed by atoms with Crippen LogP contribution in [0.5, 0.6) is 0 Å². The number of piperazine rings is 1. The Morgan fingerprint density at radius 2 is 1.79 bits per heavy atom. The molecule has 0 spiro atoms. The van der Waals surface area contributed by atoms with E-state index < -0.39 is 0 Å². The average molecular weight is 553 g/mol. The predicted octanol–water partition coefficient (Wildman–Crippen LogP) is 4.90. The summed E-state index contributed by atoms with van der Waals surface area (Å²) in [5.41, 5.74) is 3.92. The Kier molecular flexibility index (Phi) is 8.64. The number of thiophene rings is 1. The Morgan fingerprint density at radius 1 is 1.00 bits per heavy atom. The zero-order valence-corrected chi connectivity index (χ0v) is 23.2. The van der Waals surface area contributed by atoms with E-state index in [1.54, 1.807) is 6.92 Å². The number of benzene rings is 2. The van der Waals surface area contributed by atoms with E-state index in [2.05, 4.69) is 50.3 Å². The Morgan fingerprint density at radius 3 is 2.53 bits per heavy atom. The van der Waals surface area contributed by atoms with Gasteiger partial charge in [-0.2, -0.15) is 0 Å². The maximum Gasteiger partial charge on any atom is 0.341 e. The van der Waals surface area contributed by atoms with Crippen molar-refractivity contribution in [2.45, 2.75) is 26.4 Å². The van der Waals surface area contributed by atoms with Crippen molar-refractivity contribution in [2.75, 3.05) is 56.1 Å². The van der Waals surface area contributed by atoms with Crippen LogP contribution in [0.3, 0.4) is 0 Å². The van der Waals surface area contributed by atoms with Crippen molar-refractivity contribution in [2.24, 2.45) is 0 Å². The third-order valence-corrected chi connectivity index (χ3v) is 8.40. The Hall–Kier alpha value is -2.91. The van der Waals surface area contributed by atoms with Gasteiger partial charge < -0.3 is 15.0 Å². The smallest absolute Gasteiger partial charge is 0.341 e. The van der Waals surface area contributed by atoms with E-state index in [0.29, 0.717) is 17.2 Å². The van der Waals surface area contributed by atoms with Gasteiger partial charge in [0.25, 0.3) is 0 Å². The van der Waals surface area contributed by atoms with Gasteiger partial charge in [0, 0.05) is 61.4 Å². The molecule has 200 valence electrons. The molecular weight excluding hydrogens is 520 g/mol. The first-order valence-corrected chi connectivity index (χ1v) is 14.3. The minimum Gasteiger partial charge on any atom is -0.462 e. The number of anilines is 2. The van der Waals surface area contributed by atoms with Crippen LogP contribution in [0.4, 0.5) is 10.7 Å². The highest BCUT2D eigenvalue weighted by Crippen LogP contribution is 2.38. The molecule has 0 bridgehead atoms. The summed E-state index contributed by atoms with van der Waals surface area (Å²) in [6, 6.07) is 18.3. The lowest BCUT2D eigenvalue weighted by atomic mass is 10.0. The molecule has 7 nitrogen and oxygen atoms in total. The van der Waals surface area contributed by atoms with Crippen LogP contribution in [-0.4, -0.2) is 67.6 Å². The van der Waals surface area contributed by atoms with Crippen molar-refractivity contribution in [1.29, 1.82) is 0 Å². The molecule has 9 heteroatoms. The molecule has 1 saturated heterocycles. The summed E-state index contributed by atoms with van der Waals surface area (Å²) < 4.78 is 5.39. The second-order valence-electron chi connectivity index (χ2n) is 9.67. The number of rotatable bonds is 8. The van der Waals surface area contributed by atoms with Gasteiger partial charge in [-0.05, 0) is 42.7 Å². The summed E-state index contributed by atoms with van der Waals surface area (Å²) in [6.45, 7) is 8.06. The molecule has 1 fully saturated rings. The SMILES string of the molecule is CCOC(=O)c1c(NC(=O)CN2CCN(c3cccc(Cl)c3)CC2)sc2c1CCN(Cc1ccccc1)C2. The summed E-state index contributed by atoms with van der Waals surface area (Å²) in [5.74, 6) is -0.460. The fourth-order valence-electron chi connectivity index (χ4n) is 5.15. The van der Waals surface area contributed by atoms with Crippen LogP contribution in [0.15, 0.2) is 54.6 Å². The molecule has 2 aliphatic rings. The molecule has 0 saturated carbocycles. The Bertz CT molecular complexity index is 1270. The minimum atomic E-state index is -0.355. The maximum atomic E-state index is 13.1. The number of esters is 1. The lowest BCUT2D eigenvalue weighted by Gasteiger charge is -2.35. The molecule has 38 heavy (non-hydrogen) atoms. The normalized spacial score (nSPS) is 16.2. The maximum absolute atomic E-state index is 13.1. The first-order chi connectivity index (χ1) is 18.5. The van der Waals surface area contributed by atoms with Crippen molar-refractivity contribution < 1.29 is 14.3 Å². The van der Waals surface area contributed by atoms with Gasteiger partial charge in [0.15, 0.2) is 0 Å². The number of fused-ring (bicyclic) bond motifs is 1. The van der Waals surface area contributed by atoms with Crippen LogP contribution in [0.25, 0.3) is 0 Å². The van der Waals surface area contributed by atoms with Crippen molar-refractivity contribution in [3.05, 3.63) is 81.2 Å². The highest BCUT2D eigenvalue weighted by molar-refractivity contribution is 7.17. The quantitative estimate of drug-likeness (QED) is 0.401. The van der Waals surface area contributed by atoms with Crippen LogP contribution in [-0.2, 0) is 29.0 Å². The number of carbonyl (C=O) groups excluding carboxylic acids is 2. The van der Waals surface area contributed by atoms with E-state index in [0.717, 1.165) is 73.4 Å². The number of hydrogen-bond donors (Lipinski definition) is 1. The molecule has 1 amide bonds. The van der Waals surface area contributed by atoms with Gasteiger partial charge in [0.1, 0.15) is 5.00 Å². The van der Waals surface area contributed by atoms with Crippen LogP contribution in [0, 0.1) is 0 Å². The number of nitrogens with zero attached hydrogens (tertiary/aromatic N) is 3. The van der Waals surface area contributed by atoms with Crippen molar-refractivity contribution in [3.63, 3.8) is 0 Å². The standard InChI is InChI=1S/C29H33ClN4O3S/c1-2-37-29(36)27-24-11-12-33(18-21-7-4-3-5-8-21)19-25(24)38-28(27)31-26(35)20-32-13-15-34(16-14-32)23-10-6-9-22(30)17-23/h3-10,17H,2,11-16,18-20H2,1H3,(H,31,35). The summed E-state index contributed by atoms with van der Waals surface area (Å²) in [4.78, 5) is 34.0. The molecule has 2 aromatic carbocycles. The van der Waals surface area contributed by atoms with E-state index >= 15 is 0 Å². The monoisotopic (exact) mass is 552 g/mol. The number of carbonyl (C=O) groups is 2. The zero-order chi connectivity index (χ0) is 26.5. The second-order valence-corrected chi connectivity index (χ2v) is 11.2. The molecular formula is C29H33ClN4O3S. The van der Waals surface area contributed by atoms with Gasteiger partial charge in [0.05, 0.1) is 18.7 Å². The highest BCUT2D eigenvalue weighted by atomic mass is 35.5. The minimum absolute atomic E-state index is 0.105. The Balaban J connectivity index is 1.23. The molecule has 5 rings (SSSR count). The largest absolute Gasteiger partial charge is 0.462 e. The summed E-state index contributed by atoms with van der Waals surface area (Å²) in [7, 11) is 0. The van der Waals surface area contributed by atoms with Crippen LogP contribution < -0.4 is 10.2 Å². The van der Waals surface area contributed by atoms with Crippen LogP contribution in [0.2, 0.25) is 5.02 Å². The topological polar surface area (TPSA) is 65.1 Å². The van der Waals surface area contributed by atoms with Crippen LogP contribution in [0.1, 0.15) is 33.3 Å². The van der Waals surface area contributed by atoms with Gasteiger partial charge in [-0.25, -0.2) is 4.79 Å². The fraction of sp³-hybridized carbons (Fsp3) is 0.379. The molecule has 1 N–H and O–H groups in total. The zero-order valence-electron chi connectivity index (χ0n) is 21.6. The molecule has 1 aromatic heterocycles. The average Bonchev–Trinajstić information content (AvgIpc) is 3.26. The predicted molar refractivity (Wildman–Crippen MR) is 153 cm³/mol. The van der Waals surface area contributed by atoms with E-state index in [9.17, 15) is 9.59 Å². The molecule has 0 unspecified atom stereocenters. The summed E-state index contributed by atoms with van der Waals surface area (Å²) >= 11 is 7.66. The fourth-order valence-corrected chi connectivity index (χ4v) is 6.63. The molecule has 0 aliphatic carbocycles. The van der Waals surface area contributed by atoms with Crippen molar-refractivity contribution in [3.8, 4) is 0 Å². The molecule has 3 aromatic rings. The van der Waals surface area contributed by atoms with Gasteiger partial charge >= 0.3 is 5.97 Å². The first-order valence-electron chi connectivity index (χ1n) is 13.1. The number of nitrogens with one attached hydrogen (secondary N) is 1. The molecule has 3 heterocycles. The van der Waals surface area contributed by atoms with Gasteiger partial charge in [-0.15, -0.1) is 11.3 Å². The molecule has 0 radical (unpaired) electrons. The second kappa shape index (κ2) is 12.3. The van der Waals surface area contributed by atoms with Crippen molar-refractivity contribution in [1.82, 2.24) is 9.80 Å². The lowest BCUT2D eigenvalue weighted by Crippen LogP contribution is -2.48. The third kappa shape index (κ3) is 6.38. The molecule has 2 aliphatic heterocycles. The van der Waals surface area contributed by atoms with Gasteiger partial charge in [-0.3, -0.25) is 14.6 Å². The number of ether oxygens (including phenoxy) is 1. The lowest BCUT2D eigenvalue weighted by molar-refractivity contribution is -0.117. The molecule has 0 atom stereocenters. The van der Waals surface area contributed by atoms with Crippen LogP contribution >= 0.6 is 22.9 Å². The summed E-state index contributed by atoms with van der Waals surface area (Å²) in [5, 5.41) is 4.39. The number of halogens is 1. The van der Waals surface area contributed by atoms with Gasteiger partial charge in [-0.1, -0.05) is 48.0 Å². The highest BCUT2D eigenvalue weighted by Gasteiger charge is 2.30. The van der Waals surface area contributed by atoms with E-state index in [-0.39, 0.29) is 18.4 Å². The van der Waals surface area contributed by atoms with E-state index in [4.69, 9.17) is 16.3 Å². The van der Waals surface area contributed by atoms with E-state index in [1.165, 1.54) is 16.9 Å². The third-order valence-electron chi connectivity index (χ3n) is 7.03. The number of hydrogen-bond acceptors (Lipinski definition) is 7. The first kappa shape index (κ1) is 26.7. The Labute approximate surface area is 232 Å². The van der Waals surface area contributed by atoms with E-state index in [1.807, 2.05) is 24.3 Å². The summed E-state index contributed by atoms with van der Waals surface area (Å²) in [6.07, 6.45) is 0.758.